The van der Waals surface area contributed by atoms with Gasteiger partial charge >= 0.3 is 5.88 Å². The zero-order valence-electron chi connectivity index (χ0n) is 7.96. The van der Waals surface area contributed by atoms with E-state index < -0.39 is 4.92 Å². The van der Waals surface area contributed by atoms with Crippen molar-refractivity contribution in [2.45, 2.75) is 0 Å². The van der Waals surface area contributed by atoms with E-state index in [0.29, 0.717) is 19.1 Å². The molecule has 6 nitrogen and oxygen atoms in total. The molecule has 80 valence electrons. The Kier molecular flexibility index (Phi) is 2.68. The molecule has 0 aliphatic carbocycles. The fraction of sp³-hybridized carbons (Fsp3) is 0.333. The molecule has 1 aliphatic heterocycles. The van der Waals surface area contributed by atoms with Crippen LogP contribution in [0.3, 0.4) is 0 Å². The van der Waals surface area contributed by atoms with Gasteiger partial charge in [-0.25, -0.2) is 0 Å². The first kappa shape index (κ1) is 9.72. The summed E-state index contributed by atoms with van der Waals surface area (Å²) >= 11 is 0. The molecule has 6 heteroatoms. The molecule has 2 rings (SSSR count). The van der Waals surface area contributed by atoms with Gasteiger partial charge in [-0.2, -0.15) is 0 Å². The van der Waals surface area contributed by atoms with Crippen molar-refractivity contribution in [3.8, 4) is 0 Å². The number of hydrogen-bond donors (Lipinski definition) is 0. The molecular weight excluding hydrogens is 200 g/mol. The van der Waals surface area contributed by atoms with E-state index in [9.17, 15) is 10.1 Å². The third kappa shape index (κ3) is 2.35. The number of ether oxygens (including phenoxy) is 1. The van der Waals surface area contributed by atoms with Crippen molar-refractivity contribution < 1.29 is 14.1 Å². The number of hydrogen-bond acceptors (Lipinski definition) is 5. The minimum atomic E-state index is -0.559. The fourth-order valence-corrected chi connectivity index (χ4v) is 1.25. The maximum atomic E-state index is 10.3. The number of nitro groups is 1. The Bertz CT molecular complexity index is 379. The molecule has 0 saturated carbocycles. The van der Waals surface area contributed by atoms with Crippen LogP contribution in [0.1, 0.15) is 5.76 Å². The summed E-state index contributed by atoms with van der Waals surface area (Å²) in [5.74, 6) is 0.223. The highest BCUT2D eigenvalue weighted by Gasteiger charge is 2.11. The van der Waals surface area contributed by atoms with Gasteiger partial charge in [-0.15, -0.1) is 0 Å². The van der Waals surface area contributed by atoms with Crippen molar-refractivity contribution in [3.05, 3.63) is 34.2 Å². The van der Waals surface area contributed by atoms with Gasteiger partial charge in [0.05, 0.1) is 12.7 Å². The molecule has 0 radical (unpaired) electrons. The maximum Gasteiger partial charge on any atom is 0.433 e. The largest absolute Gasteiger partial charge is 0.433 e. The van der Waals surface area contributed by atoms with Gasteiger partial charge in [0.15, 0.2) is 0 Å². The second-order valence-corrected chi connectivity index (χ2v) is 3.10. The van der Waals surface area contributed by atoms with Crippen LogP contribution in [-0.2, 0) is 4.74 Å². The molecular formula is C9H10N2O4. The van der Waals surface area contributed by atoms with Gasteiger partial charge in [0.2, 0.25) is 0 Å². The smallest absolute Gasteiger partial charge is 0.401 e. The van der Waals surface area contributed by atoms with E-state index in [1.807, 2.05) is 4.90 Å². The molecule has 0 N–H and O–H groups in total. The van der Waals surface area contributed by atoms with Gasteiger partial charge < -0.3 is 14.1 Å². The summed E-state index contributed by atoms with van der Waals surface area (Å²) in [5.41, 5.74) is 0. The highest BCUT2D eigenvalue weighted by Crippen LogP contribution is 2.17. The minimum Gasteiger partial charge on any atom is -0.401 e. The quantitative estimate of drug-likeness (QED) is 0.557. The third-order valence-electron chi connectivity index (χ3n) is 2.02. The van der Waals surface area contributed by atoms with E-state index in [1.54, 1.807) is 18.3 Å². The van der Waals surface area contributed by atoms with Crippen LogP contribution in [0.4, 0.5) is 5.88 Å². The first-order valence-corrected chi connectivity index (χ1v) is 4.50. The lowest BCUT2D eigenvalue weighted by Crippen LogP contribution is -2.10. The standard InChI is InChI=1S/C9H10N2O4/c12-11(13)9-2-1-8(15-9)3-4-10-5-6-14-7-10/h1-4H,5-7H2/b4-3+. The van der Waals surface area contributed by atoms with E-state index in [2.05, 4.69) is 0 Å². The molecule has 0 unspecified atom stereocenters. The zero-order valence-corrected chi connectivity index (χ0v) is 7.96. The van der Waals surface area contributed by atoms with Crippen LogP contribution < -0.4 is 0 Å². The topological polar surface area (TPSA) is 68.8 Å². The van der Waals surface area contributed by atoms with Crippen molar-refractivity contribution in [2.24, 2.45) is 0 Å². The SMILES string of the molecule is O=[N+]([O-])c1ccc(/C=C/N2CCOC2)o1. The molecule has 0 aromatic carbocycles. The molecule has 1 aromatic rings. The summed E-state index contributed by atoms with van der Waals surface area (Å²) < 4.78 is 10.1. The van der Waals surface area contributed by atoms with Crippen molar-refractivity contribution >= 4 is 12.0 Å². The van der Waals surface area contributed by atoms with Crippen LogP contribution in [0, 0.1) is 10.1 Å². The summed E-state index contributed by atoms with van der Waals surface area (Å²) in [6.45, 7) is 2.10. The number of furan rings is 1. The molecule has 1 saturated heterocycles. The Morgan fingerprint density at radius 2 is 2.40 bits per heavy atom. The molecule has 0 amide bonds. The van der Waals surface area contributed by atoms with Crippen LogP contribution in [0.2, 0.25) is 0 Å². The molecule has 0 bridgehead atoms. The lowest BCUT2D eigenvalue weighted by molar-refractivity contribution is -0.402. The van der Waals surface area contributed by atoms with Crippen LogP contribution in [0.15, 0.2) is 22.7 Å². The van der Waals surface area contributed by atoms with E-state index in [1.165, 1.54) is 6.07 Å². The van der Waals surface area contributed by atoms with Gasteiger partial charge in [-0.05, 0) is 12.1 Å². The van der Waals surface area contributed by atoms with E-state index in [0.717, 1.165) is 6.54 Å². The highest BCUT2D eigenvalue weighted by molar-refractivity contribution is 5.44. The average Bonchev–Trinajstić information content (AvgIpc) is 2.86. The Balaban J connectivity index is 2.00. The first-order chi connectivity index (χ1) is 7.25. The lowest BCUT2D eigenvalue weighted by Gasteiger charge is -2.06. The van der Waals surface area contributed by atoms with Crippen LogP contribution in [0.5, 0.6) is 0 Å². The van der Waals surface area contributed by atoms with E-state index in [-0.39, 0.29) is 5.88 Å². The number of rotatable bonds is 3. The normalized spacial score (nSPS) is 16.4. The molecule has 1 fully saturated rings. The van der Waals surface area contributed by atoms with Gasteiger partial charge in [-0.3, -0.25) is 10.1 Å². The zero-order chi connectivity index (χ0) is 10.7. The number of nitrogens with zero attached hydrogens (tertiary/aromatic N) is 2. The van der Waals surface area contributed by atoms with Crippen LogP contribution in [-0.4, -0.2) is 29.7 Å². The van der Waals surface area contributed by atoms with Crippen molar-refractivity contribution in [3.63, 3.8) is 0 Å². The first-order valence-electron chi connectivity index (χ1n) is 4.50. The van der Waals surface area contributed by atoms with Crippen LogP contribution in [0.25, 0.3) is 6.08 Å². The lowest BCUT2D eigenvalue weighted by atomic mass is 10.4. The predicted octanol–water partition coefficient (Wildman–Crippen LogP) is 1.45. The monoisotopic (exact) mass is 210 g/mol. The van der Waals surface area contributed by atoms with E-state index in [4.69, 9.17) is 9.15 Å². The highest BCUT2D eigenvalue weighted by atomic mass is 16.6. The minimum absolute atomic E-state index is 0.243. The molecule has 1 aromatic heterocycles. The van der Waals surface area contributed by atoms with Crippen LogP contribution >= 0.6 is 0 Å². The summed E-state index contributed by atoms with van der Waals surface area (Å²) in [7, 11) is 0. The van der Waals surface area contributed by atoms with Gasteiger partial charge in [0.1, 0.15) is 17.4 Å². The molecule has 2 heterocycles. The Morgan fingerprint density at radius 3 is 3.00 bits per heavy atom. The maximum absolute atomic E-state index is 10.3. The summed E-state index contributed by atoms with van der Waals surface area (Å²) in [5, 5.41) is 10.3. The Morgan fingerprint density at radius 1 is 1.53 bits per heavy atom. The average molecular weight is 210 g/mol. The summed E-state index contributed by atoms with van der Waals surface area (Å²) in [4.78, 5) is 11.7. The van der Waals surface area contributed by atoms with Crippen molar-refractivity contribution in [1.82, 2.24) is 4.90 Å². The molecule has 15 heavy (non-hydrogen) atoms. The molecule has 1 aliphatic rings. The van der Waals surface area contributed by atoms with Gasteiger partial charge in [0.25, 0.3) is 0 Å². The fourth-order valence-electron chi connectivity index (χ4n) is 1.25. The Hall–Kier alpha value is -1.82. The molecule has 0 atom stereocenters. The molecule has 0 spiro atoms. The van der Waals surface area contributed by atoms with E-state index >= 15 is 0 Å². The third-order valence-corrected chi connectivity index (χ3v) is 2.02. The van der Waals surface area contributed by atoms with Crippen molar-refractivity contribution in [1.29, 1.82) is 0 Å². The van der Waals surface area contributed by atoms with Gasteiger partial charge in [-0.1, -0.05) is 0 Å². The summed E-state index contributed by atoms with van der Waals surface area (Å²) in [6.07, 6.45) is 3.48. The summed E-state index contributed by atoms with van der Waals surface area (Å²) in [6, 6.07) is 2.89. The Labute approximate surface area is 85.9 Å². The second kappa shape index (κ2) is 4.14. The van der Waals surface area contributed by atoms with Crippen molar-refractivity contribution in [2.75, 3.05) is 19.9 Å². The predicted molar refractivity (Wildman–Crippen MR) is 51.9 cm³/mol. The van der Waals surface area contributed by atoms with Gasteiger partial charge in [0, 0.05) is 12.7 Å². The second-order valence-electron chi connectivity index (χ2n) is 3.10.